The SMILES string of the molecule is CCCCCCCCCCCCCCCCCCCC/C=C/C(O)C(CO)NC(=O)CCCCCCCCCCCCCCCCCC/C=C\CCCCCCCCCCCCCCOC(=O)CCCCCCCCCCCCCCCCCCC. The Morgan fingerprint density at radius 2 is 0.547 bits per heavy atom. The Balaban J connectivity index is 3.36. The van der Waals surface area contributed by atoms with Crippen molar-refractivity contribution in [3.8, 4) is 0 Å². The summed E-state index contributed by atoms with van der Waals surface area (Å²) in [6, 6.07) is -0.627. The molecule has 0 rings (SSSR count). The molecule has 0 aromatic rings. The van der Waals surface area contributed by atoms with E-state index in [0.717, 1.165) is 38.5 Å². The number of ether oxygens (including phenoxy) is 1. The number of nitrogens with one attached hydrogen (secondary N) is 1. The lowest BCUT2D eigenvalue weighted by Crippen LogP contribution is -2.45. The van der Waals surface area contributed by atoms with E-state index in [2.05, 4.69) is 31.3 Å². The second-order valence-electron chi connectivity index (χ2n) is 27.4. The molecule has 2 atom stereocenters. The van der Waals surface area contributed by atoms with E-state index in [0.29, 0.717) is 19.4 Å². The Bertz CT molecular complexity index is 1350. The first kappa shape index (κ1) is 84.3. The number of aliphatic hydroxyl groups excluding tert-OH is 2. The number of amides is 1. The summed E-state index contributed by atoms with van der Waals surface area (Å²) in [7, 11) is 0. The highest BCUT2D eigenvalue weighted by Crippen LogP contribution is 2.20. The molecule has 0 heterocycles. The zero-order chi connectivity index (χ0) is 62.0. The van der Waals surface area contributed by atoms with E-state index in [9.17, 15) is 19.8 Å². The number of unbranched alkanes of at least 4 members (excludes halogenated alkanes) is 62. The van der Waals surface area contributed by atoms with E-state index in [1.165, 1.54) is 385 Å². The van der Waals surface area contributed by atoms with E-state index in [1.807, 2.05) is 6.08 Å². The van der Waals surface area contributed by atoms with Crippen molar-refractivity contribution in [3.63, 3.8) is 0 Å². The monoisotopic (exact) mass is 1210 g/mol. The lowest BCUT2D eigenvalue weighted by Gasteiger charge is -2.20. The predicted molar refractivity (Wildman–Crippen MR) is 380 cm³/mol. The van der Waals surface area contributed by atoms with Crippen molar-refractivity contribution in [2.24, 2.45) is 0 Å². The molecular weight excluding hydrogens is 1050 g/mol. The van der Waals surface area contributed by atoms with E-state index in [1.54, 1.807) is 6.08 Å². The van der Waals surface area contributed by atoms with Crippen molar-refractivity contribution in [1.29, 1.82) is 0 Å². The van der Waals surface area contributed by atoms with Crippen molar-refractivity contribution in [3.05, 3.63) is 24.3 Å². The van der Waals surface area contributed by atoms with Gasteiger partial charge >= 0.3 is 5.97 Å². The molecule has 0 bridgehead atoms. The Labute approximate surface area is 539 Å². The molecule has 0 aromatic carbocycles. The van der Waals surface area contributed by atoms with Crippen molar-refractivity contribution in [2.75, 3.05) is 13.2 Å². The Hall–Kier alpha value is -1.66. The van der Waals surface area contributed by atoms with E-state index < -0.39 is 12.1 Å². The lowest BCUT2D eigenvalue weighted by molar-refractivity contribution is -0.143. The maximum atomic E-state index is 12.5. The van der Waals surface area contributed by atoms with Gasteiger partial charge < -0.3 is 20.3 Å². The predicted octanol–water partition coefficient (Wildman–Crippen LogP) is 26.0. The summed E-state index contributed by atoms with van der Waals surface area (Å²) in [6.07, 6.45) is 97.3. The van der Waals surface area contributed by atoms with Crippen LogP contribution < -0.4 is 5.32 Å². The fourth-order valence-electron chi connectivity index (χ4n) is 12.7. The highest BCUT2D eigenvalue weighted by Gasteiger charge is 2.18. The fourth-order valence-corrected chi connectivity index (χ4v) is 12.7. The summed E-state index contributed by atoms with van der Waals surface area (Å²) in [5.41, 5.74) is 0. The molecule has 6 heteroatoms. The zero-order valence-electron chi connectivity index (χ0n) is 58.6. The van der Waals surface area contributed by atoms with Crippen LogP contribution in [0, 0.1) is 0 Å². The maximum Gasteiger partial charge on any atom is 0.305 e. The lowest BCUT2D eigenvalue weighted by atomic mass is 10.0. The molecule has 0 radical (unpaired) electrons. The molecule has 0 saturated carbocycles. The van der Waals surface area contributed by atoms with E-state index in [4.69, 9.17) is 4.74 Å². The molecule has 0 fully saturated rings. The molecule has 0 saturated heterocycles. The second kappa shape index (κ2) is 75.8. The van der Waals surface area contributed by atoms with Gasteiger partial charge in [0.25, 0.3) is 0 Å². The van der Waals surface area contributed by atoms with Crippen molar-refractivity contribution < 1.29 is 24.5 Å². The first-order valence-electron chi connectivity index (χ1n) is 39.6. The van der Waals surface area contributed by atoms with E-state index in [-0.39, 0.29) is 18.5 Å². The number of esters is 1. The average molecular weight is 1210 g/mol. The van der Waals surface area contributed by atoms with Crippen LogP contribution >= 0.6 is 0 Å². The van der Waals surface area contributed by atoms with Gasteiger partial charge in [-0.1, -0.05) is 404 Å². The Morgan fingerprint density at radius 3 is 0.826 bits per heavy atom. The third-order valence-corrected chi connectivity index (χ3v) is 18.7. The first-order valence-corrected chi connectivity index (χ1v) is 39.6. The van der Waals surface area contributed by atoms with Gasteiger partial charge in [0.1, 0.15) is 0 Å². The molecule has 0 aliphatic carbocycles. The summed E-state index contributed by atoms with van der Waals surface area (Å²) >= 11 is 0. The molecule has 6 nitrogen and oxygen atoms in total. The minimum atomic E-state index is -0.843. The topological polar surface area (TPSA) is 95.9 Å². The highest BCUT2D eigenvalue weighted by molar-refractivity contribution is 5.76. The van der Waals surface area contributed by atoms with Crippen LogP contribution in [0.5, 0.6) is 0 Å². The van der Waals surface area contributed by atoms with Crippen LogP contribution in [0.2, 0.25) is 0 Å². The highest BCUT2D eigenvalue weighted by atomic mass is 16.5. The van der Waals surface area contributed by atoms with Gasteiger partial charge in [-0.3, -0.25) is 9.59 Å². The summed E-state index contributed by atoms with van der Waals surface area (Å²) in [5, 5.41) is 23.3. The molecule has 3 N–H and O–H groups in total. The molecule has 510 valence electrons. The minimum Gasteiger partial charge on any atom is -0.466 e. The van der Waals surface area contributed by atoms with Crippen molar-refractivity contribution in [2.45, 2.75) is 463 Å². The maximum absolute atomic E-state index is 12.5. The third kappa shape index (κ3) is 71.4. The molecule has 0 aliphatic rings. The normalized spacial score (nSPS) is 12.6. The molecule has 1 amide bonds. The van der Waals surface area contributed by atoms with Gasteiger partial charge in [-0.25, -0.2) is 0 Å². The smallest absolute Gasteiger partial charge is 0.305 e. The number of allylic oxidation sites excluding steroid dienone is 3. The summed E-state index contributed by atoms with van der Waals surface area (Å²) < 4.78 is 5.51. The van der Waals surface area contributed by atoms with Gasteiger partial charge in [0.2, 0.25) is 5.91 Å². The van der Waals surface area contributed by atoms with Gasteiger partial charge in [-0.05, 0) is 57.8 Å². The number of aliphatic hydroxyl groups is 2. The number of hydrogen-bond donors (Lipinski definition) is 3. The van der Waals surface area contributed by atoms with Crippen LogP contribution in [0.4, 0.5) is 0 Å². The molecule has 0 aromatic heterocycles. The van der Waals surface area contributed by atoms with Crippen LogP contribution in [-0.2, 0) is 14.3 Å². The minimum absolute atomic E-state index is 0.0229. The molecule has 2 unspecified atom stereocenters. The average Bonchev–Trinajstić information content (AvgIpc) is 3.60. The number of carbonyl (C=O) groups excluding carboxylic acids is 2. The van der Waals surface area contributed by atoms with Crippen molar-refractivity contribution >= 4 is 11.9 Å². The summed E-state index contributed by atoms with van der Waals surface area (Å²) in [5.74, 6) is -0.0378. The summed E-state index contributed by atoms with van der Waals surface area (Å²) in [6.45, 7) is 4.96. The largest absolute Gasteiger partial charge is 0.466 e. The van der Waals surface area contributed by atoms with Gasteiger partial charge in [-0.15, -0.1) is 0 Å². The fraction of sp³-hybridized carbons (Fsp3) is 0.925. The van der Waals surface area contributed by atoms with Gasteiger partial charge in [-0.2, -0.15) is 0 Å². The van der Waals surface area contributed by atoms with Crippen LogP contribution in [0.1, 0.15) is 450 Å². The molecule has 0 aliphatic heterocycles. The number of rotatable bonds is 75. The summed E-state index contributed by atoms with van der Waals surface area (Å²) in [4.78, 5) is 24.6. The molecular formula is C80H155NO5. The standard InChI is InChI=1S/C80H155NO5/c1-3-5-7-9-11-13-15-17-19-21-22-37-41-44-48-52-56-60-64-68-72-78(83)77(76-82)81-79(84)73-69-65-61-57-53-49-45-42-38-35-33-31-29-27-25-23-24-26-28-30-32-34-36-39-43-47-51-55-59-63-67-71-75-86-80(85)74-70-66-62-58-54-50-46-40-20-18-16-14-12-10-8-6-4-2/h26,28,68,72,77-78,82-83H,3-25,27,29-67,69-71,73-76H2,1-2H3,(H,81,84)/b28-26-,72-68+. The van der Waals surface area contributed by atoms with Crippen LogP contribution in [0.3, 0.4) is 0 Å². The molecule has 86 heavy (non-hydrogen) atoms. The van der Waals surface area contributed by atoms with E-state index >= 15 is 0 Å². The first-order chi connectivity index (χ1) is 42.5. The Kier molecular flexibility index (Phi) is 74.3. The van der Waals surface area contributed by atoms with Crippen LogP contribution in [-0.4, -0.2) is 47.4 Å². The quantitative estimate of drug-likeness (QED) is 0.0320. The van der Waals surface area contributed by atoms with Crippen LogP contribution in [0.25, 0.3) is 0 Å². The number of hydrogen-bond acceptors (Lipinski definition) is 5. The molecule has 0 spiro atoms. The Morgan fingerprint density at radius 1 is 0.314 bits per heavy atom. The van der Waals surface area contributed by atoms with Crippen molar-refractivity contribution in [1.82, 2.24) is 5.32 Å². The third-order valence-electron chi connectivity index (χ3n) is 18.7. The number of carbonyl (C=O) groups is 2. The van der Waals surface area contributed by atoms with Gasteiger partial charge in [0.15, 0.2) is 0 Å². The zero-order valence-corrected chi connectivity index (χ0v) is 58.6. The second-order valence-corrected chi connectivity index (χ2v) is 27.4. The van der Waals surface area contributed by atoms with Gasteiger partial charge in [0.05, 0.1) is 25.4 Å². The van der Waals surface area contributed by atoms with Crippen LogP contribution in [0.15, 0.2) is 24.3 Å². The van der Waals surface area contributed by atoms with Gasteiger partial charge in [0, 0.05) is 12.8 Å².